The van der Waals surface area contributed by atoms with Gasteiger partial charge >= 0.3 is 5.97 Å². The van der Waals surface area contributed by atoms with E-state index in [0.29, 0.717) is 11.3 Å². The number of hydrogen-bond donors (Lipinski definition) is 2. The van der Waals surface area contributed by atoms with Gasteiger partial charge in [0, 0.05) is 0 Å². The Morgan fingerprint density at radius 1 is 1.00 bits per heavy atom. The first-order chi connectivity index (χ1) is 13.6. The maximum Gasteiger partial charge on any atom is 0.379 e. The molecule has 0 aliphatic heterocycles. The summed E-state index contributed by atoms with van der Waals surface area (Å²) in [6.45, 7) is -0.266. The maximum atomic E-state index is 11.9. The molecule has 2 heterocycles. The molecule has 0 saturated carbocycles. The van der Waals surface area contributed by atoms with Gasteiger partial charge in [-0.15, -0.1) is 0 Å². The molecule has 0 atom stereocenters. The van der Waals surface area contributed by atoms with Crippen LogP contribution in [0.5, 0.6) is 5.75 Å². The summed E-state index contributed by atoms with van der Waals surface area (Å²) in [7, 11) is 0. The van der Waals surface area contributed by atoms with E-state index in [2.05, 4.69) is 15.8 Å². The van der Waals surface area contributed by atoms with Crippen LogP contribution in [-0.2, 0) is 4.79 Å². The minimum atomic E-state index is -0.625. The summed E-state index contributed by atoms with van der Waals surface area (Å²) < 4.78 is 15.1. The van der Waals surface area contributed by atoms with E-state index in [1.54, 1.807) is 36.4 Å². The first-order valence-electron chi connectivity index (χ1n) is 8.11. The van der Waals surface area contributed by atoms with Crippen LogP contribution in [0.4, 0.5) is 0 Å². The highest BCUT2D eigenvalue weighted by Crippen LogP contribution is 2.14. The van der Waals surface area contributed by atoms with Gasteiger partial charge in [0.2, 0.25) is 5.76 Å². The number of carbonyl (C=O) groups excluding carboxylic acids is 3. The predicted molar refractivity (Wildman–Crippen MR) is 96.9 cm³/mol. The van der Waals surface area contributed by atoms with Crippen LogP contribution in [0.1, 0.15) is 26.7 Å². The Morgan fingerprint density at radius 3 is 2.46 bits per heavy atom. The smallest absolute Gasteiger partial charge is 0.379 e. The third-order valence-corrected chi connectivity index (χ3v) is 3.35. The van der Waals surface area contributed by atoms with Crippen molar-refractivity contribution in [3.8, 4) is 5.75 Å². The normalized spacial score (nSPS) is 10.6. The highest BCUT2D eigenvalue weighted by Gasteiger charge is 2.11. The summed E-state index contributed by atoms with van der Waals surface area (Å²) >= 11 is 0. The highest BCUT2D eigenvalue weighted by molar-refractivity contribution is 5.94. The first-order valence-corrected chi connectivity index (χ1v) is 8.11. The van der Waals surface area contributed by atoms with Gasteiger partial charge in [-0.05, 0) is 42.0 Å². The third-order valence-electron chi connectivity index (χ3n) is 3.35. The van der Waals surface area contributed by atoms with Gasteiger partial charge in [0.15, 0.2) is 5.76 Å². The fraction of sp³-hybridized carbons (Fsp3) is 0.0526. The number of esters is 1. The van der Waals surface area contributed by atoms with E-state index in [1.807, 2.05) is 0 Å². The standard InChI is InChI=1S/C19H15N3O6/c23-17(12-20-18(24)15-6-2-8-26-15)22-21-11-13-4-1-5-14(10-13)28-19(25)16-7-3-9-27-16/h1-11H,12H2,(H,20,24)(H,22,23). The molecule has 0 bridgehead atoms. The molecule has 142 valence electrons. The molecule has 9 heteroatoms. The second-order valence-corrected chi connectivity index (χ2v) is 5.39. The fourth-order valence-electron chi connectivity index (χ4n) is 2.08. The van der Waals surface area contributed by atoms with E-state index in [-0.39, 0.29) is 18.1 Å². The van der Waals surface area contributed by atoms with Crippen molar-refractivity contribution >= 4 is 24.0 Å². The van der Waals surface area contributed by atoms with E-state index in [1.165, 1.54) is 30.9 Å². The molecule has 0 aliphatic carbocycles. The number of nitrogens with one attached hydrogen (secondary N) is 2. The average molecular weight is 381 g/mol. The quantitative estimate of drug-likeness (QED) is 0.279. The van der Waals surface area contributed by atoms with Gasteiger partial charge in [0.1, 0.15) is 5.75 Å². The average Bonchev–Trinajstić information content (AvgIpc) is 3.40. The van der Waals surface area contributed by atoms with Crippen LogP contribution in [-0.4, -0.2) is 30.5 Å². The van der Waals surface area contributed by atoms with Gasteiger partial charge in [-0.3, -0.25) is 9.59 Å². The summed E-state index contributed by atoms with van der Waals surface area (Å²) in [6.07, 6.45) is 4.11. The van der Waals surface area contributed by atoms with Crippen LogP contribution in [0.3, 0.4) is 0 Å². The van der Waals surface area contributed by atoms with Crippen molar-refractivity contribution in [3.05, 3.63) is 78.1 Å². The molecule has 0 spiro atoms. The zero-order valence-electron chi connectivity index (χ0n) is 14.5. The van der Waals surface area contributed by atoms with Gasteiger partial charge in [-0.25, -0.2) is 10.2 Å². The summed E-state index contributed by atoms with van der Waals surface area (Å²) in [5.74, 6) is -1.16. The molecule has 0 aliphatic rings. The minimum absolute atomic E-state index is 0.0860. The van der Waals surface area contributed by atoms with Crippen molar-refractivity contribution in [1.29, 1.82) is 0 Å². The molecule has 0 fully saturated rings. The Balaban J connectivity index is 1.48. The third kappa shape index (κ3) is 5.18. The lowest BCUT2D eigenvalue weighted by atomic mass is 10.2. The van der Waals surface area contributed by atoms with Crippen molar-refractivity contribution in [2.45, 2.75) is 0 Å². The van der Waals surface area contributed by atoms with Crippen molar-refractivity contribution < 1.29 is 28.0 Å². The van der Waals surface area contributed by atoms with Crippen LogP contribution in [0.25, 0.3) is 0 Å². The number of benzene rings is 1. The number of nitrogens with zero attached hydrogens (tertiary/aromatic N) is 1. The largest absolute Gasteiger partial charge is 0.459 e. The summed E-state index contributed by atoms with van der Waals surface area (Å²) in [5, 5.41) is 6.19. The molecule has 3 rings (SSSR count). The van der Waals surface area contributed by atoms with Crippen molar-refractivity contribution in [1.82, 2.24) is 10.7 Å². The molecule has 3 aromatic rings. The lowest BCUT2D eigenvalue weighted by molar-refractivity contribution is -0.120. The Hall–Kier alpha value is -4.14. The lowest BCUT2D eigenvalue weighted by Crippen LogP contribution is -2.34. The van der Waals surface area contributed by atoms with E-state index in [0.717, 1.165) is 0 Å². The Kier molecular flexibility index (Phi) is 5.99. The number of ether oxygens (including phenoxy) is 1. The molecule has 2 aromatic heterocycles. The second-order valence-electron chi connectivity index (χ2n) is 5.39. The number of rotatable bonds is 7. The van der Waals surface area contributed by atoms with Crippen LogP contribution >= 0.6 is 0 Å². The van der Waals surface area contributed by atoms with Crippen molar-refractivity contribution in [3.63, 3.8) is 0 Å². The molecular formula is C19H15N3O6. The van der Waals surface area contributed by atoms with Gasteiger partial charge in [0.05, 0.1) is 25.3 Å². The summed E-state index contributed by atoms with van der Waals surface area (Å²) in [4.78, 5) is 35.2. The Bertz CT molecular complexity index is 977. The minimum Gasteiger partial charge on any atom is -0.459 e. The second kappa shape index (κ2) is 8.99. The van der Waals surface area contributed by atoms with E-state index in [9.17, 15) is 14.4 Å². The molecule has 0 radical (unpaired) electrons. The van der Waals surface area contributed by atoms with Crippen molar-refractivity contribution in [2.24, 2.45) is 5.10 Å². The molecular weight excluding hydrogens is 366 g/mol. The molecule has 2 N–H and O–H groups in total. The highest BCUT2D eigenvalue weighted by atomic mass is 16.5. The zero-order chi connectivity index (χ0) is 19.8. The number of hydrogen-bond acceptors (Lipinski definition) is 7. The monoisotopic (exact) mass is 381 g/mol. The van der Waals surface area contributed by atoms with Gasteiger partial charge in [0.25, 0.3) is 11.8 Å². The van der Waals surface area contributed by atoms with Gasteiger partial charge in [-0.1, -0.05) is 12.1 Å². The van der Waals surface area contributed by atoms with Gasteiger partial charge < -0.3 is 18.9 Å². The predicted octanol–water partition coefficient (Wildman–Crippen LogP) is 1.97. The molecule has 0 saturated heterocycles. The van der Waals surface area contributed by atoms with Gasteiger partial charge in [-0.2, -0.15) is 5.10 Å². The Morgan fingerprint density at radius 2 is 1.75 bits per heavy atom. The van der Waals surface area contributed by atoms with E-state index in [4.69, 9.17) is 13.6 Å². The van der Waals surface area contributed by atoms with Crippen LogP contribution in [0.15, 0.2) is 75.0 Å². The number of carbonyl (C=O) groups is 3. The molecule has 1 aromatic carbocycles. The molecule has 0 unspecified atom stereocenters. The van der Waals surface area contributed by atoms with E-state index >= 15 is 0 Å². The number of furan rings is 2. The molecule has 9 nitrogen and oxygen atoms in total. The SMILES string of the molecule is O=C(CNC(=O)c1ccco1)NN=Cc1cccc(OC(=O)c2ccco2)c1. The number of hydrazone groups is 1. The summed E-state index contributed by atoms with van der Waals surface area (Å²) in [6, 6.07) is 12.7. The molecule has 28 heavy (non-hydrogen) atoms. The van der Waals surface area contributed by atoms with E-state index < -0.39 is 17.8 Å². The van der Waals surface area contributed by atoms with Crippen LogP contribution in [0.2, 0.25) is 0 Å². The topological polar surface area (TPSA) is 123 Å². The number of amides is 2. The van der Waals surface area contributed by atoms with Crippen LogP contribution < -0.4 is 15.5 Å². The summed E-state index contributed by atoms with van der Waals surface area (Å²) in [5.41, 5.74) is 2.86. The first kappa shape index (κ1) is 18.6. The maximum absolute atomic E-state index is 11.9. The fourth-order valence-corrected chi connectivity index (χ4v) is 2.08. The zero-order valence-corrected chi connectivity index (χ0v) is 14.5. The lowest BCUT2D eigenvalue weighted by Gasteiger charge is -2.03. The molecule has 2 amide bonds. The van der Waals surface area contributed by atoms with Crippen molar-refractivity contribution in [2.75, 3.05) is 6.54 Å². The Labute approximate surface area is 159 Å². The van der Waals surface area contributed by atoms with Crippen LogP contribution in [0, 0.1) is 0 Å².